The Hall–Kier alpha value is -3.81. The molecule has 0 radical (unpaired) electrons. The fourth-order valence-corrected chi connectivity index (χ4v) is 8.22. The summed E-state index contributed by atoms with van der Waals surface area (Å²) in [5.74, 6) is 0.636. The average Bonchev–Trinajstić information content (AvgIpc) is 3.89. The van der Waals surface area contributed by atoms with Gasteiger partial charge in [-0.3, -0.25) is 0 Å². The fourth-order valence-electron chi connectivity index (χ4n) is 8.22. The van der Waals surface area contributed by atoms with Crippen LogP contribution in [0.25, 0.3) is 22.5 Å². The Morgan fingerprint density at radius 3 is 1.27 bits per heavy atom. The van der Waals surface area contributed by atoms with E-state index >= 15 is 0 Å². The number of hydrogen-bond donors (Lipinski definition) is 0. The van der Waals surface area contributed by atoms with E-state index in [1.165, 1.54) is 38.5 Å². The van der Waals surface area contributed by atoms with E-state index in [0.29, 0.717) is 35.1 Å². The molecule has 8 nitrogen and oxygen atoms in total. The second-order valence-electron chi connectivity index (χ2n) is 12.9. The SMILES string of the molecule is O=C([O-])c1nc(-c2ccccc2)cc(C2CC3CCC2C3)n1.O=C([O-])c1nc(-c2ccccc2)cc(C2CC3CCC2C3)n1.[Ir+3]. The van der Waals surface area contributed by atoms with E-state index in [1.807, 2.05) is 72.8 Å². The number of carboxylic acids is 2. The molecule has 4 saturated carbocycles. The number of aromatic nitrogens is 4. The standard InChI is InChI=1S/2C18H18N2O2.Ir/c2*21-18(22)17-19-15(12-4-2-1-3-5-12)10-16(20-17)14-9-11-6-7-13(14)8-11;/h2*1-5,10-11,13-14H,6-9H2,(H,21,22);/q;;+3/p-2. The number of carboxylic acid groups (broad SMARTS) is 2. The Kier molecular flexibility index (Phi) is 9.20. The molecular weight excluding hydrogens is 745 g/mol. The van der Waals surface area contributed by atoms with Crippen LogP contribution < -0.4 is 10.2 Å². The van der Waals surface area contributed by atoms with E-state index in [1.54, 1.807) is 0 Å². The number of fused-ring (bicyclic) bond motifs is 4. The summed E-state index contributed by atoms with van der Waals surface area (Å²) >= 11 is 0. The first-order chi connectivity index (χ1) is 21.4. The molecule has 8 rings (SSSR count). The van der Waals surface area contributed by atoms with Gasteiger partial charge in [0.2, 0.25) is 0 Å². The van der Waals surface area contributed by atoms with Crippen LogP contribution in [-0.4, -0.2) is 31.9 Å². The summed E-state index contributed by atoms with van der Waals surface area (Å²) in [6.45, 7) is 0. The Labute approximate surface area is 276 Å². The maximum atomic E-state index is 11.3. The van der Waals surface area contributed by atoms with E-state index in [-0.39, 0.29) is 31.8 Å². The molecule has 0 amide bonds. The van der Waals surface area contributed by atoms with Gasteiger partial charge in [0.1, 0.15) is 11.9 Å². The Morgan fingerprint density at radius 1 is 0.556 bits per heavy atom. The number of benzene rings is 2. The summed E-state index contributed by atoms with van der Waals surface area (Å²) in [7, 11) is 0. The van der Waals surface area contributed by atoms with Crippen molar-refractivity contribution < 1.29 is 39.9 Å². The summed E-state index contributed by atoms with van der Waals surface area (Å²) in [5, 5.41) is 22.6. The van der Waals surface area contributed by atoms with Gasteiger partial charge in [0.15, 0.2) is 11.6 Å². The van der Waals surface area contributed by atoms with E-state index in [2.05, 4.69) is 19.9 Å². The molecule has 0 saturated heterocycles. The smallest absolute Gasteiger partial charge is 0.542 e. The molecule has 6 unspecified atom stereocenters. The number of carbonyl (C=O) groups is 2. The molecule has 0 spiro atoms. The molecule has 9 heteroatoms. The first kappa shape index (κ1) is 31.2. The van der Waals surface area contributed by atoms with Gasteiger partial charge in [-0.05, 0) is 74.3 Å². The number of aromatic carboxylic acids is 2. The van der Waals surface area contributed by atoms with Crippen molar-refractivity contribution in [2.24, 2.45) is 23.7 Å². The van der Waals surface area contributed by atoms with Crippen LogP contribution >= 0.6 is 0 Å². The van der Waals surface area contributed by atoms with Crippen molar-refractivity contribution in [2.45, 2.75) is 63.2 Å². The van der Waals surface area contributed by atoms with Crippen LogP contribution in [0.5, 0.6) is 0 Å². The van der Waals surface area contributed by atoms with Gasteiger partial charge < -0.3 is 19.8 Å². The van der Waals surface area contributed by atoms with Crippen molar-refractivity contribution in [3.05, 3.63) is 95.8 Å². The molecule has 2 heterocycles. The first-order valence-corrected chi connectivity index (χ1v) is 15.7. The molecule has 4 fully saturated rings. The van der Waals surface area contributed by atoms with Gasteiger partial charge in [-0.2, -0.15) is 0 Å². The zero-order chi connectivity index (χ0) is 30.2. The fraction of sp³-hybridized carbons (Fsp3) is 0.389. The van der Waals surface area contributed by atoms with Crippen LogP contribution in [0.1, 0.15) is 95.8 Å². The van der Waals surface area contributed by atoms with E-state index in [9.17, 15) is 19.8 Å². The third-order valence-electron chi connectivity index (χ3n) is 10.2. The van der Waals surface area contributed by atoms with Crippen molar-refractivity contribution in [3.63, 3.8) is 0 Å². The van der Waals surface area contributed by atoms with Crippen LogP contribution in [0.4, 0.5) is 0 Å². The molecule has 4 aromatic rings. The molecule has 6 atom stereocenters. The van der Waals surface area contributed by atoms with E-state index in [0.717, 1.165) is 47.2 Å². The third-order valence-corrected chi connectivity index (χ3v) is 10.2. The van der Waals surface area contributed by atoms with E-state index < -0.39 is 11.9 Å². The van der Waals surface area contributed by atoms with Crippen molar-refractivity contribution in [1.29, 1.82) is 0 Å². The summed E-state index contributed by atoms with van der Waals surface area (Å²) < 4.78 is 0. The molecule has 2 aromatic carbocycles. The second-order valence-corrected chi connectivity index (χ2v) is 12.9. The van der Waals surface area contributed by atoms with Crippen LogP contribution in [0.2, 0.25) is 0 Å². The molecule has 4 bridgehead atoms. The minimum atomic E-state index is -1.30. The van der Waals surface area contributed by atoms with Gasteiger partial charge in [-0.15, -0.1) is 0 Å². The van der Waals surface area contributed by atoms with E-state index in [4.69, 9.17) is 0 Å². The van der Waals surface area contributed by atoms with Gasteiger partial charge in [0.25, 0.3) is 0 Å². The summed E-state index contributed by atoms with van der Waals surface area (Å²) in [6.07, 6.45) is 9.87. The Morgan fingerprint density at radius 2 is 0.956 bits per heavy atom. The summed E-state index contributed by atoms with van der Waals surface area (Å²) in [6, 6.07) is 23.2. The predicted octanol–water partition coefficient (Wildman–Crippen LogP) is 4.82. The molecule has 0 aliphatic heterocycles. The minimum Gasteiger partial charge on any atom is -0.542 e. The Bertz CT molecular complexity index is 1560. The number of hydrogen-bond acceptors (Lipinski definition) is 8. The topological polar surface area (TPSA) is 132 Å². The first-order valence-electron chi connectivity index (χ1n) is 15.7. The predicted molar refractivity (Wildman–Crippen MR) is 160 cm³/mol. The normalized spacial score (nSPS) is 25.7. The van der Waals surface area contributed by atoms with Crippen molar-refractivity contribution in [2.75, 3.05) is 0 Å². The maximum absolute atomic E-state index is 11.3. The van der Waals surface area contributed by atoms with Crippen LogP contribution in [0, 0.1) is 23.7 Å². The molecule has 45 heavy (non-hydrogen) atoms. The maximum Gasteiger partial charge on any atom is 3.00 e. The molecule has 230 valence electrons. The average molecular weight is 779 g/mol. The number of rotatable bonds is 6. The third kappa shape index (κ3) is 6.61. The van der Waals surface area contributed by atoms with Crippen LogP contribution in [-0.2, 0) is 20.1 Å². The molecule has 0 N–H and O–H groups in total. The van der Waals surface area contributed by atoms with Gasteiger partial charge in [-0.25, -0.2) is 19.9 Å². The monoisotopic (exact) mass is 779 g/mol. The van der Waals surface area contributed by atoms with Gasteiger partial charge in [0.05, 0.1) is 11.4 Å². The second kappa shape index (κ2) is 13.3. The zero-order valence-electron chi connectivity index (χ0n) is 24.8. The summed E-state index contributed by atoms with van der Waals surface area (Å²) in [5.41, 5.74) is 4.93. The van der Waals surface area contributed by atoms with Gasteiger partial charge in [0, 0.05) is 34.4 Å². The zero-order valence-corrected chi connectivity index (χ0v) is 27.2. The largest absolute Gasteiger partial charge is 3.00 e. The molecule has 2 aromatic heterocycles. The van der Waals surface area contributed by atoms with Gasteiger partial charge in [-0.1, -0.05) is 73.5 Å². The molecule has 4 aliphatic carbocycles. The summed E-state index contributed by atoms with van der Waals surface area (Å²) in [4.78, 5) is 39.4. The van der Waals surface area contributed by atoms with Crippen LogP contribution in [0.15, 0.2) is 72.8 Å². The van der Waals surface area contributed by atoms with Crippen molar-refractivity contribution in [1.82, 2.24) is 19.9 Å². The van der Waals surface area contributed by atoms with Crippen LogP contribution in [0.3, 0.4) is 0 Å². The number of carbonyl (C=O) groups excluding carboxylic acids is 2. The van der Waals surface area contributed by atoms with Crippen molar-refractivity contribution in [3.8, 4) is 22.5 Å². The van der Waals surface area contributed by atoms with Crippen molar-refractivity contribution >= 4 is 11.9 Å². The Balaban J connectivity index is 0.000000155. The quantitative estimate of drug-likeness (QED) is 0.273. The number of nitrogens with zero attached hydrogens (tertiary/aromatic N) is 4. The molecule has 4 aliphatic rings. The molecular formula is C36H34IrN4O4+. The van der Waals surface area contributed by atoms with Gasteiger partial charge >= 0.3 is 20.1 Å². The minimum absolute atomic E-state index is 0.